The number of aromatic nitrogens is 1. The summed E-state index contributed by atoms with van der Waals surface area (Å²) in [7, 11) is 2.60. The number of rotatable bonds is 9. The van der Waals surface area contributed by atoms with Gasteiger partial charge in [-0.25, -0.2) is 9.59 Å². The van der Waals surface area contributed by atoms with E-state index in [2.05, 4.69) is 4.98 Å². The van der Waals surface area contributed by atoms with Crippen LogP contribution in [0.4, 0.5) is 5.69 Å². The number of esters is 2. The van der Waals surface area contributed by atoms with Gasteiger partial charge in [-0.05, 0) is 26.3 Å². The molecule has 166 valence electrons. The summed E-state index contributed by atoms with van der Waals surface area (Å²) in [6, 6.07) is 2.14. The van der Waals surface area contributed by atoms with Crippen LogP contribution < -0.4 is 9.47 Å². The van der Waals surface area contributed by atoms with Crippen molar-refractivity contribution in [2.24, 2.45) is 0 Å². The van der Waals surface area contributed by atoms with Gasteiger partial charge in [-0.3, -0.25) is 14.9 Å². The van der Waals surface area contributed by atoms with Gasteiger partial charge in [0, 0.05) is 17.3 Å². The van der Waals surface area contributed by atoms with Crippen LogP contribution in [0, 0.1) is 24.0 Å². The number of methoxy groups -OCH3 is 2. The number of nitrogens with zero attached hydrogens (tertiary/aromatic N) is 1. The molecule has 0 saturated carbocycles. The minimum absolute atomic E-state index is 0.0619. The highest BCUT2D eigenvalue weighted by Crippen LogP contribution is 2.34. The number of ether oxygens (including phenoxy) is 4. The number of H-pyrrole nitrogens is 1. The molecule has 0 fully saturated rings. The van der Waals surface area contributed by atoms with Crippen LogP contribution in [0.25, 0.3) is 0 Å². The van der Waals surface area contributed by atoms with E-state index in [0.29, 0.717) is 11.3 Å². The summed E-state index contributed by atoms with van der Waals surface area (Å²) in [5.41, 5.74) is 0.105. The molecule has 0 radical (unpaired) electrons. The molecule has 0 aliphatic carbocycles. The lowest BCUT2D eigenvalue weighted by Gasteiger charge is -2.10. The van der Waals surface area contributed by atoms with Crippen LogP contribution in [0.5, 0.6) is 11.5 Å². The first kappa shape index (κ1) is 23.4. The van der Waals surface area contributed by atoms with E-state index >= 15 is 0 Å². The maximum Gasteiger partial charge on any atom is 0.355 e. The maximum atomic E-state index is 12.6. The summed E-state index contributed by atoms with van der Waals surface area (Å²) in [6.07, 6.45) is 0. The van der Waals surface area contributed by atoms with Crippen molar-refractivity contribution in [2.75, 3.05) is 27.4 Å². The molecular weight excluding hydrogens is 412 g/mol. The van der Waals surface area contributed by atoms with E-state index in [1.54, 1.807) is 20.8 Å². The first-order valence-corrected chi connectivity index (χ1v) is 9.13. The summed E-state index contributed by atoms with van der Waals surface area (Å²) in [6.45, 7) is 4.28. The fourth-order valence-corrected chi connectivity index (χ4v) is 3.04. The van der Waals surface area contributed by atoms with E-state index in [1.807, 2.05) is 0 Å². The molecule has 11 heteroatoms. The molecule has 0 atom stereocenters. The lowest BCUT2D eigenvalue weighted by Crippen LogP contribution is -2.17. The summed E-state index contributed by atoms with van der Waals surface area (Å²) >= 11 is 0. The van der Waals surface area contributed by atoms with E-state index in [1.165, 1.54) is 14.2 Å². The second-order valence-corrected chi connectivity index (χ2v) is 6.33. The van der Waals surface area contributed by atoms with Crippen LogP contribution >= 0.6 is 0 Å². The smallest absolute Gasteiger partial charge is 0.355 e. The Hall–Kier alpha value is -3.89. The topological polar surface area (TPSA) is 147 Å². The van der Waals surface area contributed by atoms with Crippen molar-refractivity contribution in [3.05, 3.63) is 50.3 Å². The summed E-state index contributed by atoms with van der Waals surface area (Å²) in [5, 5.41) is 11.3. The SMILES string of the molecule is CCOC(=O)c1[nH]c(C)c(C(=O)COC(=O)c2cc(OC)c(OC)cc2[N+](=O)[O-])c1C. The minimum atomic E-state index is -1.09. The van der Waals surface area contributed by atoms with E-state index in [0.717, 1.165) is 12.1 Å². The zero-order chi connectivity index (χ0) is 23.3. The molecule has 11 nitrogen and oxygen atoms in total. The predicted molar refractivity (Wildman–Crippen MR) is 107 cm³/mol. The number of carbonyl (C=O) groups excluding carboxylic acids is 3. The van der Waals surface area contributed by atoms with Crippen LogP contribution in [0.2, 0.25) is 0 Å². The summed E-state index contributed by atoms with van der Waals surface area (Å²) in [5.74, 6) is -2.13. The molecule has 0 spiro atoms. The number of carbonyl (C=O) groups is 3. The number of nitro groups is 1. The van der Waals surface area contributed by atoms with E-state index in [-0.39, 0.29) is 29.4 Å². The maximum absolute atomic E-state index is 12.6. The predicted octanol–water partition coefficient (Wildman–Crippen LogP) is 2.77. The largest absolute Gasteiger partial charge is 0.493 e. The Morgan fingerprint density at radius 1 is 1.03 bits per heavy atom. The Bertz CT molecular complexity index is 1040. The molecule has 0 bridgehead atoms. The van der Waals surface area contributed by atoms with Crippen LogP contribution in [-0.4, -0.2) is 55.1 Å². The molecular formula is C20H22N2O9. The highest BCUT2D eigenvalue weighted by atomic mass is 16.6. The molecule has 0 saturated heterocycles. The first-order chi connectivity index (χ1) is 14.7. The van der Waals surface area contributed by atoms with Gasteiger partial charge >= 0.3 is 11.9 Å². The van der Waals surface area contributed by atoms with Crippen LogP contribution in [-0.2, 0) is 9.47 Å². The van der Waals surface area contributed by atoms with E-state index in [4.69, 9.17) is 18.9 Å². The number of hydrogen-bond donors (Lipinski definition) is 1. The molecule has 1 heterocycles. The Morgan fingerprint density at radius 3 is 2.19 bits per heavy atom. The molecule has 0 amide bonds. The third-order valence-corrected chi connectivity index (χ3v) is 4.45. The molecule has 0 aliphatic heterocycles. The molecule has 31 heavy (non-hydrogen) atoms. The van der Waals surface area contributed by atoms with E-state index < -0.39 is 40.5 Å². The molecule has 2 rings (SSSR count). The number of Topliss-reactive ketones (excluding diaryl/α,β-unsaturated/α-hetero) is 1. The average Bonchev–Trinajstić information content (AvgIpc) is 3.04. The number of aromatic amines is 1. The van der Waals surface area contributed by atoms with Crippen molar-refractivity contribution in [1.82, 2.24) is 4.98 Å². The third-order valence-electron chi connectivity index (χ3n) is 4.45. The highest BCUT2D eigenvalue weighted by Gasteiger charge is 2.28. The lowest BCUT2D eigenvalue weighted by molar-refractivity contribution is -0.385. The van der Waals surface area contributed by atoms with Gasteiger partial charge < -0.3 is 23.9 Å². The van der Waals surface area contributed by atoms with Crippen molar-refractivity contribution in [3.63, 3.8) is 0 Å². The second-order valence-electron chi connectivity index (χ2n) is 6.33. The minimum Gasteiger partial charge on any atom is -0.493 e. The number of aryl methyl sites for hydroxylation is 1. The van der Waals surface area contributed by atoms with Gasteiger partial charge in [0.2, 0.25) is 5.78 Å². The number of nitro benzene ring substituents is 1. The normalized spacial score (nSPS) is 10.4. The fourth-order valence-electron chi connectivity index (χ4n) is 3.04. The number of nitrogens with one attached hydrogen (secondary N) is 1. The Labute approximate surface area is 177 Å². The van der Waals surface area contributed by atoms with Gasteiger partial charge in [-0.2, -0.15) is 0 Å². The summed E-state index contributed by atoms with van der Waals surface area (Å²) in [4.78, 5) is 50.5. The molecule has 1 aromatic heterocycles. The summed E-state index contributed by atoms with van der Waals surface area (Å²) < 4.78 is 20.0. The molecule has 1 aromatic carbocycles. The van der Waals surface area contributed by atoms with Gasteiger partial charge in [-0.1, -0.05) is 0 Å². The Morgan fingerprint density at radius 2 is 1.65 bits per heavy atom. The van der Waals surface area contributed by atoms with Crippen molar-refractivity contribution in [2.45, 2.75) is 20.8 Å². The number of benzene rings is 1. The average molecular weight is 434 g/mol. The van der Waals surface area contributed by atoms with Gasteiger partial charge in [0.15, 0.2) is 18.1 Å². The van der Waals surface area contributed by atoms with Crippen molar-refractivity contribution in [1.29, 1.82) is 0 Å². The van der Waals surface area contributed by atoms with Crippen LogP contribution in [0.15, 0.2) is 12.1 Å². The quantitative estimate of drug-likeness (QED) is 0.272. The van der Waals surface area contributed by atoms with Crippen molar-refractivity contribution < 1.29 is 38.3 Å². The monoisotopic (exact) mass is 434 g/mol. The van der Waals surface area contributed by atoms with E-state index in [9.17, 15) is 24.5 Å². The third kappa shape index (κ3) is 4.82. The molecule has 0 aliphatic rings. The van der Waals surface area contributed by atoms with Crippen LogP contribution in [0.3, 0.4) is 0 Å². The van der Waals surface area contributed by atoms with Crippen molar-refractivity contribution >= 4 is 23.4 Å². The Balaban J connectivity index is 2.26. The zero-order valence-corrected chi connectivity index (χ0v) is 17.7. The zero-order valence-electron chi connectivity index (χ0n) is 17.7. The van der Waals surface area contributed by atoms with Crippen molar-refractivity contribution in [3.8, 4) is 11.5 Å². The second kappa shape index (κ2) is 9.74. The number of hydrogen-bond acceptors (Lipinski definition) is 9. The van der Waals surface area contributed by atoms with Gasteiger partial charge in [0.25, 0.3) is 5.69 Å². The van der Waals surface area contributed by atoms with Gasteiger partial charge in [0.05, 0.1) is 31.8 Å². The number of ketones is 1. The van der Waals surface area contributed by atoms with Crippen LogP contribution in [0.1, 0.15) is 49.4 Å². The Kier molecular flexibility index (Phi) is 7.35. The molecule has 0 unspecified atom stereocenters. The molecule has 2 aromatic rings. The first-order valence-electron chi connectivity index (χ1n) is 9.13. The fraction of sp³-hybridized carbons (Fsp3) is 0.350. The lowest BCUT2D eigenvalue weighted by atomic mass is 10.1. The highest BCUT2D eigenvalue weighted by molar-refractivity contribution is 6.04. The molecule has 1 N–H and O–H groups in total. The van der Waals surface area contributed by atoms with Gasteiger partial charge in [0.1, 0.15) is 11.3 Å². The van der Waals surface area contributed by atoms with Gasteiger partial charge in [-0.15, -0.1) is 0 Å². The standard InChI is InChI=1S/C20H22N2O9/c1-6-30-20(25)18-10(2)17(11(3)21-18)14(23)9-31-19(24)12-7-15(28-4)16(29-5)8-13(12)22(26)27/h7-8,21H,6,9H2,1-5H3.